The molecule has 16 aromatic rings. The van der Waals surface area contributed by atoms with Crippen LogP contribution >= 0.6 is 0 Å². The van der Waals surface area contributed by atoms with Gasteiger partial charge in [0, 0.05) is 77.8 Å². The molecule has 0 fully saturated rings. The van der Waals surface area contributed by atoms with E-state index in [1.54, 1.807) is 0 Å². The van der Waals surface area contributed by atoms with Crippen LogP contribution in [0.4, 0.5) is 34.1 Å². The molecule has 13 aromatic carbocycles. The van der Waals surface area contributed by atoms with E-state index in [4.69, 9.17) is 0 Å². The molecule has 18 rings (SSSR count). The third kappa shape index (κ3) is 14.4. The summed E-state index contributed by atoms with van der Waals surface area (Å²) in [5.74, 6) is 0. The third-order valence-corrected chi connectivity index (χ3v) is 27.5. The van der Waals surface area contributed by atoms with E-state index in [9.17, 15) is 0 Å². The third-order valence-electron chi connectivity index (χ3n) is 27.5. The van der Waals surface area contributed by atoms with Crippen molar-refractivity contribution in [3.05, 3.63) is 298 Å². The fraction of sp³-hybridized carbons (Fsp3) is 0.339. The summed E-state index contributed by atoms with van der Waals surface area (Å²) in [5, 5.41) is 7.47. The Morgan fingerprint density at radius 2 is 0.379 bits per heavy atom. The van der Waals surface area contributed by atoms with Crippen molar-refractivity contribution in [1.82, 2.24) is 13.7 Å². The molecule has 6 heteroatoms. The molecule has 5 nitrogen and oxygen atoms in total. The molecule has 0 atom stereocenters. The van der Waals surface area contributed by atoms with Crippen LogP contribution in [-0.2, 0) is 54.1 Å². The molecule has 0 radical (unpaired) electrons. The fourth-order valence-corrected chi connectivity index (χ4v) is 19.5. The second kappa shape index (κ2) is 28.2. The lowest BCUT2D eigenvalue weighted by Crippen LogP contribution is -2.61. The van der Waals surface area contributed by atoms with E-state index >= 15 is 0 Å². The van der Waals surface area contributed by atoms with Crippen LogP contribution in [0.1, 0.15) is 263 Å². The minimum atomic E-state index is -0.250. The van der Waals surface area contributed by atoms with Crippen LogP contribution in [0.2, 0.25) is 0 Å². The van der Waals surface area contributed by atoms with Gasteiger partial charge in [0.05, 0.1) is 38.8 Å². The molecule has 0 spiro atoms. The van der Waals surface area contributed by atoms with Gasteiger partial charge in [0.25, 0.3) is 6.71 Å². The average Bonchev–Trinajstić information content (AvgIpc) is 0.801. The smallest absolute Gasteiger partial charge is 0.252 e. The van der Waals surface area contributed by atoms with Gasteiger partial charge in [-0.3, -0.25) is 0 Å². The second-order valence-electron chi connectivity index (χ2n) is 47.1. The lowest BCUT2D eigenvalue weighted by Gasteiger charge is -2.44. The predicted octanol–water partition coefficient (Wildman–Crippen LogP) is 31.4. The van der Waals surface area contributed by atoms with Crippen molar-refractivity contribution in [2.24, 2.45) is 0 Å². The molecule has 0 N–H and O–H groups in total. The summed E-state index contributed by atoms with van der Waals surface area (Å²) in [6.07, 6.45) is 0. The van der Waals surface area contributed by atoms with Crippen LogP contribution in [0.3, 0.4) is 0 Å². The zero-order valence-corrected chi connectivity index (χ0v) is 79.9. The molecule has 0 unspecified atom stereocenters. The largest absolute Gasteiger partial charge is 0.311 e. The number of hydrogen-bond donors (Lipinski definition) is 0. The van der Waals surface area contributed by atoms with E-state index in [0.29, 0.717) is 0 Å². The molecular weight excluding hydrogens is 1500 g/mol. The van der Waals surface area contributed by atoms with E-state index in [1.165, 1.54) is 160 Å². The highest BCUT2D eigenvalue weighted by atomic mass is 15.2. The number of anilines is 6. The van der Waals surface area contributed by atoms with Gasteiger partial charge in [-0.2, -0.15) is 0 Å². The van der Waals surface area contributed by atoms with Crippen LogP contribution in [0.5, 0.6) is 0 Å². The highest BCUT2D eigenvalue weighted by Gasteiger charge is 2.45. The number of rotatable bonds is 7. The SMILES string of the molecule is CC(C)(C)c1cc(-c2ccc(N3c4cc(-n5c6cc(C(C)(C)C)ccc6c6ccc(C(C)(C)C)cc65)ccc4B4c5ccc(-n6c7cc(C(C)(C)C)ccc7c7ccc(C(C)(C)C)cc76)cc5N(c5ccc(-c6cc(C(C)(C)C)cc(C(C)(C)C)c6)cc5)c5cc(-n6c7cc(C(C)(C)C)ccc7c7ccc(C(C)(C)C)cc76)cc3c54)cc2)cc(C(C)(C)C)c1. The highest BCUT2D eigenvalue weighted by molar-refractivity contribution is 7.00. The number of fused-ring (bicyclic) bond motifs is 13. The van der Waals surface area contributed by atoms with Crippen molar-refractivity contribution >= 4 is 123 Å². The van der Waals surface area contributed by atoms with Gasteiger partial charge in [-0.1, -0.05) is 353 Å². The van der Waals surface area contributed by atoms with Crippen molar-refractivity contribution in [1.29, 1.82) is 0 Å². The first-order valence-corrected chi connectivity index (χ1v) is 45.6. The summed E-state index contributed by atoms with van der Waals surface area (Å²) < 4.78 is 7.87. The van der Waals surface area contributed by atoms with Crippen molar-refractivity contribution in [3.8, 4) is 39.3 Å². The second-order valence-corrected chi connectivity index (χ2v) is 47.1. The maximum absolute atomic E-state index is 2.69. The first kappa shape index (κ1) is 83.8. The maximum atomic E-state index is 2.69. The minimum Gasteiger partial charge on any atom is -0.311 e. The number of aromatic nitrogens is 3. The normalized spacial score (nSPS) is 14.0. The highest BCUT2D eigenvalue weighted by Crippen LogP contribution is 2.52. The Morgan fingerprint density at radius 1 is 0.169 bits per heavy atom. The Kier molecular flexibility index (Phi) is 19.1. The molecule has 630 valence electrons. The summed E-state index contributed by atoms with van der Waals surface area (Å²) >= 11 is 0. The van der Waals surface area contributed by atoms with Gasteiger partial charge >= 0.3 is 0 Å². The quantitative estimate of drug-likeness (QED) is 0.148. The fourth-order valence-electron chi connectivity index (χ4n) is 19.5. The molecule has 3 aromatic heterocycles. The molecule has 0 saturated carbocycles. The van der Waals surface area contributed by atoms with Crippen LogP contribution in [0.15, 0.2) is 243 Å². The molecular formula is C118H130BN5. The summed E-state index contributed by atoms with van der Waals surface area (Å²) in [7, 11) is 0. The lowest BCUT2D eigenvalue weighted by molar-refractivity contribution is 0.568. The van der Waals surface area contributed by atoms with E-state index in [0.717, 1.165) is 51.2 Å². The monoisotopic (exact) mass is 1630 g/mol. The molecule has 0 aliphatic carbocycles. The minimum absolute atomic E-state index is 0.0640. The van der Waals surface area contributed by atoms with Crippen LogP contribution in [-0.4, -0.2) is 20.4 Å². The summed E-state index contributed by atoms with van der Waals surface area (Å²) in [4.78, 5) is 5.37. The number of benzene rings is 13. The standard InChI is InChI=1S/C118H130BN5/c1-109(2,3)75-35-47-90-91-48-36-76(110(4,5)6)62-99(91)122(98(90)61-75)87-45-53-96-104(67-87)120(85-41-31-71(32-42-85)73-55-81(115(19,20)21)59-82(56-73)116(22,23)24)106-69-89(124-102-65-79(113(13,14)15)39-51-94(102)95-52-40-80(66-103(95)124)114(16,17)18)70-107-108(106)119(96)97-54-46-88(123-100-63-77(111(7,8)9)37-49-92(100)93-50-38-78(64-101(93)123)112(10,11)12)68-105(97)121(107)86-43-33-72(34-44-86)74-57-83(117(25,26)27)60-84(58-74)118(28,29)30/h31-70H,1-30H3. The van der Waals surface area contributed by atoms with Gasteiger partial charge < -0.3 is 23.5 Å². The summed E-state index contributed by atoms with van der Waals surface area (Å²) in [6.45, 7) is 70.3. The Morgan fingerprint density at radius 3 is 0.605 bits per heavy atom. The van der Waals surface area contributed by atoms with Crippen molar-refractivity contribution in [2.45, 2.75) is 262 Å². The Bertz CT molecular complexity index is 6420. The van der Waals surface area contributed by atoms with Crippen molar-refractivity contribution in [3.63, 3.8) is 0 Å². The van der Waals surface area contributed by atoms with E-state index in [2.05, 4.69) is 474 Å². The van der Waals surface area contributed by atoms with Crippen LogP contribution in [0.25, 0.3) is 105 Å². The predicted molar refractivity (Wildman–Crippen MR) is 541 cm³/mol. The summed E-state index contributed by atoms with van der Waals surface area (Å²) in [5.41, 5.74) is 38.0. The molecule has 5 heterocycles. The van der Waals surface area contributed by atoms with Crippen molar-refractivity contribution < 1.29 is 0 Å². The molecule has 124 heavy (non-hydrogen) atoms. The van der Waals surface area contributed by atoms with Gasteiger partial charge in [-0.15, -0.1) is 0 Å². The van der Waals surface area contributed by atoms with Gasteiger partial charge in [-0.05, 0) is 245 Å². The topological polar surface area (TPSA) is 21.3 Å². The van der Waals surface area contributed by atoms with E-state index in [1.807, 2.05) is 0 Å². The van der Waals surface area contributed by atoms with E-state index in [-0.39, 0.29) is 60.9 Å². The zero-order chi connectivity index (χ0) is 88.7. The average molecular weight is 1630 g/mol. The van der Waals surface area contributed by atoms with Gasteiger partial charge in [-0.25, -0.2) is 0 Å². The Labute approximate surface area is 740 Å². The first-order chi connectivity index (χ1) is 57.7. The molecule has 0 amide bonds. The maximum Gasteiger partial charge on any atom is 0.252 e. The first-order valence-electron chi connectivity index (χ1n) is 45.6. The van der Waals surface area contributed by atoms with Crippen LogP contribution in [0, 0.1) is 0 Å². The van der Waals surface area contributed by atoms with Crippen LogP contribution < -0.4 is 26.2 Å². The number of hydrogen-bond acceptors (Lipinski definition) is 2. The number of nitrogens with zero attached hydrogens (tertiary/aromatic N) is 5. The Hall–Kier alpha value is -11.1. The van der Waals surface area contributed by atoms with Crippen molar-refractivity contribution in [2.75, 3.05) is 9.80 Å². The van der Waals surface area contributed by atoms with Gasteiger partial charge in [0.1, 0.15) is 0 Å². The zero-order valence-electron chi connectivity index (χ0n) is 79.9. The molecule has 0 bridgehead atoms. The lowest BCUT2D eigenvalue weighted by atomic mass is 9.33. The Balaban J connectivity index is 1.00. The summed E-state index contributed by atoms with van der Waals surface area (Å²) in [6, 6.07) is 98.1. The molecule has 2 aliphatic heterocycles. The van der Waals surface area contributed by atoms with Gasteiger partial charge in [0.15, 0.2) is 0 Å². The molecule has 2 aliphatic rings. The van der Waals surface area contributed by atoms with Gasteiger partial charge in [0.2, 0.25) is 0 Å². The molecule has 0 saturated heterocycles. The van der Waals surface area contributed by atoms with E-state index < -0.39 is 0 Å².